The fourth-order valence-electron chi connectivity index (χ4n) is 0.167. The van der Waals surface area contributed by atoms with E-state index >= 15 is 0 Å². The number of hydrogen-bond donors (Lipinski definition) is 2. The van der Waals surface area contributed by atoms with Crippen molar-refractivity contribution in [3.8, 4) is 0 Å². The third-order valence-corrected chi connectivity index (χ3v) is 0.311. The molecule has 0 unspecified atom stereocenters. The Morgan fingerprint density at radius 2 is 1.90 bits per heavy atom. The molecule has 4 heteroatoms. The standard InChI is InChI=1S/C4H8O2.C2H4O2/c1-3-6-4(2)5;1-2(3)4/h5H,2-3H2,1H3;1H3,(H,3,4). The van der Waals surface area contributed by atoms with E-state index in [2.05, 4.69) is 11.3 Å². The summed E-state index contributed by atoms with van der Waals surface area (Å²) in [5.41, 5.74) is 0. The molecule has 0 aromatic heterocycles. The number of carboxylic acids is 1. The van der Waals surface area contributed by atoms with Crippen molar-refractivity contribution >= 4 is 5.97 Å². The third-order valence-electron chi connectivity index (χ3n) is 0.311. The zero-order valence-corrected chi connectivity index (χ0v) is 6.13. The van der Waals surface area contributed by atoms with E-state index < -0.39 is 5.97 Å². The Bertz CT molecular complexity index is 104. The van der Waals surface area contributed by atoms with Crippen molar-refractivity contribution in [2.24, 2.45) is 0 Å². The highest BCUT2D eigenvalue weighted by molar-refractivity contribution is 5.62. The van der Waals surface area contributed by atoms with Gasteiger partial charge in [0.2, 0.25) is 0 Å². The molecular weight excluding hydrogens is 136 g/mol. The summed E-state index contributed by atoms with van der Waals surface area (Å²) in [6, 6.07) is 0. The van der Waals surface area contributed by atoms with E-state index in [1.807, 2.05) is 0 Å². The normalized spacial score (nSPS) is 7.00. The minimum absolute atomic E-state index is 0.211. The Morgan fingerprint density at radius 3 is 1.90 bits per heavy atom. The molecule has 0 aromatic rings. The van der Waals surface area contributed by atoms with Crippen LogP contribution in [-0.4, -0.2) is 22.8 Å². The van der Waals surface area contributed by atoms with Gasteiger partial charge in [0.15, 0.2) is 0 Å². The van der Waals surface area contributed by atoms with E-state index in [1.165, 1.54) is 0 Å². The molecular formula is C6H12O4. The second-order valence-electron chi connectivity index (χ2n) is 1.35. The summed E-state index contributed by atoms with van der Waals surface area (Å²) >= 11 is 0. The van der Waals surface area contributed by atoms with Gasteiger partial charge in [-0.3, -0.25) is 4.79 Å². The second kappa shape index (κ2) is 7.81. The van der Waals surface area contributed by atoms with Gasteiger partial charge >= 0.3 is 0 Å². The van der Waals surface area contributed by atoms with Crippen molar-refractivity contribution < 1.29 is 19.7 Å². The number of rotatable bonds is 2. The van der Waals surface area contributed by atoms with Crippen LogP contribution in [0.5, 0.6) is 0 Å². The zero-order valence-electron chi connectivity index (χ0n) is 6.13. The first-order chi connectivity index (χ1) is 4.50. The quantitative estimate of drug-likeness (QED) is 0.576. The number of aliphatic hydroxyl groups is 1. The number of ether oxygens (including phenoxy) is 1. The molecule has 2 N–H and O–H groups in total. The van der Waals surface area contributed by atoms with Crippen molar-refractivity contribution in [3.63, 3.8) is 0 Å². The first-order valence-electron chi connectivity index (χ1n) is 2.70. The maximum Gasteiger partial charge on any atom is 0.300 e. The number of carboxylic acid groups (broad SMARTS) is 1. The molecule has 0 radical (unpaired) electrons. The molecule has 0 fully saturated rings. The molecule has 10 heavy (non-hydrogen) atoms. The van der Waals surface area contributed by atoms with Gasteiger partial charge in [-0.2, -0.15) is 0 Å². The molecule has 0 aromatic carbocycles. The molecule has 0 bridgehead atoms. The minimum atomic E-state index is -0.833. The lowest BCUT2D eigenvalue weighted by Gasteiger charge is -1.93. The van der Waals surface area contributed by atoms with Crippen LogP contribution in [0.2, 0.25) is 0 Å². The maximum absolute atomic E-state index is 9.00. The Hall–Kier alpha value is -1.19. The van der Waals surface area contributed by atoms with Gasteiger partial charge in [-0.05, 0) is 13.5 Å². The van der Waals surface area contributed by atoms with Crippen LogP contribution in [0, 0.1) is 0 Å². The molecule has 0 aliphatic heterocycles. The van der Waals surface area contributed by atoms with Gasteiger partial charge in [0.05, 0.1) is 6.61 Å². The van der Waals surface area contributed by atoms with E-state index in [-0.39, 0.29) is 5.95 Å². The van der Waals surface area contributed by atoms with Gasteiger partial charge in [-0.15, -0.1) is 0 Å². The molecule has 0 heterocycles. The molecule has 0 aliphatic rings. The Kier molecular flexibility index (Phi) is 9.05. The van der Waals surface area contributed by atoms with Gasteiger partial charge in [0.1, 0.15) is 0 Å². The fourth-order valence-corrected chi connectivity index (χ4v) is 0.167. The predicted octanol–water partition coefficient (Wildman–Crippen LogP) is 1.14. The minimum Gasteiger partial charge on any atom is -0.481 e. The smallest absolute Gasteiger partial charge is 0.300 e. The first kappa shape index (κ1) is 11.6. The van der Waals surface area contributed by atoms with E-state index in [9.17, 15) is 0 Å². The number of hydrogen-bond acceptors (Lipinski definition) is 3. The highest BCUT2D eigenvalue weighted by Gasteiger charge is 1.76. The molecule has 0 saturated heterocycles. The van der Waals surface area contributed by atoms with Crippen LogP contribution in [0.3, 0.4) is 0 Å². The molecule has 0 rings (SSSR count). The highest BCUT2D eigenvalue weighted by atomic mass is 16.6. The topological polar surface area (TPSA) is 66.8 Å². The second-order valence-corrected chi connectivity index (χ2v) is 1.35. The van der Waals surface area contributed by atoms with Crippen LogP contribution >= 0.6 is 0 Å². The monoisotopic (exact) mass is 148 g/mol. The largest absolute Gasteiger partial charge is 0.481 e. The van der Waals surface area contributed by atoms with Gasteiger partial charge in [0.25, 0.3) is 11.9 Å². The van der Waals surface area contributed by atoms with Gasteiger partial charge in [-0.25, -0.2) is 0 Å². The lowest BCUT2D eigenvalue weighted by Crippen LogP contribution is -1.85. The fraction of sp³-hybridized carbons (Fsp3) is 0.500. The predicted molar refractivity (Wildman–Crippen MR) is 36.7 cm³/mol. The molecule has 0 spiro atoms. The summed E-state index contributed by atoms with van der Waals surface area (Å²) in [5.74, 6) is -1.04. The van der Waals surface area contributed by atoms with Gasteiger partial charge in [-0.1, -0.05) is 0 Å². The van der Waals surface area contributed by atoms with Gasteiger partial charge < -0.3 is 14.9 Å². The number of carbonyl (C=O) groups is 1. The molecule has 60 valence electrons. The zero-order chi connectivity index (χ0) is 8.57. The Labute approximate surface area is 59.7 Å². The van der Waals surface area contributed by atoms with Crippen molar-refractivity contribution in [1.82, 2.24) is 0 Å². The first-order valence-corrected chi connectivity index (χ1v) is 2.70. The Morgan fingerprint density at radius 1 is 1.60 bits per heavy atom. The summed E-state index contributed by atoms with van der Waals surface area (Å²) in [6.07, 6.45) is 0. The summed E-state index contributed by atoms with van der Waals surface area (Å²) in [5, 5.41) is 15.6. The summed E-state index contributed by atoms with van der Waals surface area (Å²) in [4.78, 5) is 9.00. The average Bonchev–Trinajstić information content (AvgIpc) is 1.62. The molecule has 0 aliphatic carbocycles. The van der Waals surface area contributed by atoms with E-state index in [1.54, 1.807) is 6.92 Å². The van der Waals surface area contributed by atoms with Crippen LogP contribution in [0.1, 0.15) is 13.8 Å². The van der Waals surface area contributed by atoms with E-state index in [4.69, 9.17) is 15.0 Å². The lowest BCUT2D eigenvalue weighted by atomic mass is 10.8. The van der Waals surface area contributed by atoms with Crippen molar-refractivity contribution in [2.75, 3.05) is 6.61 Å². The lowest BCUT2D eigenvalue weighted by molar-refractivity contribution is -0.134. The van der Waals surface area contributed by atoms with E-state index in [0.29, 0.717) is 6.61 Å². The maximum atomic E-state index is 9.00. The van der Waals surface area contributed by atoms with Crippen LogP contribution in [0.15, 0.2) is 12.5 Å². The van der Waals surface area contributed by atoms with Crippen LogP contribution in [-0.2, 0) is 9.53 Å². The molecule has 0 saturated carbocycles. The number of aliphatic carboxylic acids is 1. The highest BCUT2D eigenvalue weighted by Crippen LogP contribution is 1.80. The van der Waals surface area contributed by atoms with Crippen molar-refractivity contribution in [2.45, 2.75) is 13.8 Å². The van der Waals surface area contributed by atoms with Crippen molar-refractivity contribution in [1.29, 1.82) is 0 Å². The average molecular weight is 148 g/mol. The van der Waals surface area contributed by atoms with Crippen LogP contribution in [0.25, 0.3) is 0 Å². The molecule has 0 amide bonds. The van der Waals surface area contributed by atoms with Crippen LogP contribution < -0.4 is 0 Å². The summed E-state index contributed by atoms with van der Waals surface area (Å²) < 4.78 is 4.40. The molecule has 0 atom stereocenters. The summed E-state index contributed by atoms with van der Waals surface area (Å²) in [6.45, 7) is 6.42. The van der Waals surface area contributed by atoms with Gasteiger partial charge in [0, 0.05) is 6.92 Å². The molecule has 4 nitrogen and oxygen atoms in total. The number of aliphatic hydroxyl groups excluding tert-OH is 1. The third kappa shape index (κ3) is 70.2. The van der Waals surface area contributed by atoms with Crippen molar-refractivity contribution in [3.05, 3.63) is 12.5 Å². The SMILES string of the molecule is C=C(O)OCC.CC(=O)O. The van der Waals surface area contributed by atoms with Crippen LogP contribution in [0.4, 0.5) is 0 Å². The van der Waals surface area contributed by atoms with E-state index in [0.717, 1.165) is 6.92 Å². The summed E-state index contributed by atoms with van der Waals surface area (Å²) in [7, 11) is 0. The Balaban J connectivity index is 0.